The Hall–Kier alpha value is -2.81. The van der Waals surface area contributed by atoms with Crippen molar-refractivity contribution in [2.45, 2.75) is 13.8 Å². The summed E-state index contributed by atoms with van der Waals surface area (Å²) in [7, 11) is 0. The predicted octanol–water partition coefficient (Wildman–Crippen LogP) is 5.95. The van der Waals surface area contributed by atoms with E-state index in [2.05, 4.69) is 0 Å². The highest BCUT2D eigenvalue weighted by Crippen LogP contribution is 2.34. The van der Waals surface area contributed by atoms with Gasteiger partial charge in [-0.3, -0.25) is 0 Å². The standard InChI is InChI=1S/C21H15F2N/c1-12-9-19-18-11-16(23)7-8-17(18)21(24-20(19)10-13(12)2)14-3-5-15(22)6-4-14/h3-11H,1-2H3. The second-order valence-electron chi connectivity index (χ2n) is 6.11. The van der Waals surface area contributed by atoms with Gasteiger partial charge in [0.15, 0.2) is 0 Å². The molecular formula is C21H15F2N. The van der Waals surface area contributed by atoms with Crippen LogP contribution in [-0.2, 0) is 0 Å². The summed E-state index contributed by atoms with van der Waals surface area (Å²) in [5.41, 5.74) is 4.64. The molecule has 0 atom stereocenters. The molecule has 0 saturated carbocycles. The largest absolute Gasteiger partial charge is 0.247 e. The predicted molar refractivity (Wildman–Crippen MR) is 94.1 cm³/mol. The first kappa shape index (κ1) is 14.8. The van der Waals surface area contributed by atoms with Crippen molar-refractivity contribution in [1.82, 2.24) is 4.98 Å². The molecular weight excluding hydrogens is 304 g/mol. The topological polar surface area (TPSA) is 12.9 Å². The second-order valence-corrected chi connectivity index (χ2v) is 6.11. The summed E-state index contributed by atoms with van der Waals surface area (Å²) in [5, 5.41) is 2.61. The summed E-state index contributed by atoms with van der Waals surface area (Å²) in [6.07, 6.45) is 0. The summed E-state index contributed by atoms with van der Waals surface area (Å²) in [6.45, 7) is 4.07. The minimum absolute atomic E-state index is 0.279. The van der Waals surface area contributed by atoms with E-state index in [4.69, 9.17) is 4.98 Å². The summed E-state index contributed by atoms with van der Waals surface area (Å²) in [5.74, 6) is -0.570. The SMILES string of the molecule is Cc1cc2nc(-c3ccc(F)cc3)c3ccc(F)cc3c2cc1C. The van der Waals surface area contributed by atoms with Gasteiger partial charge >= 0.3 is 0 Å². The molecule has 0 saturated heterocycles. The first-order valence-corrected chi connectivity index (χ1v) is 7.79. The summed E-state index contributed by atoms with van der Waals surface area (Å²) >= 11 is 0. The molecule has 3 heteroatoms. The number of rotatable bonds is 1. The van der Waals surface area contributed by atoms with Gasteiger partial charge in [-0.1, -0.05) is 0 Å². The van der Waals surface area contributed by atoms with Crippen LogP contribution in [0.3, 0.4) is 0 Å². The van der Waals surface area contributed by atoms with Gasteiger partial charge in [0, 0.05) is 16.3 Å². The lowest BCUT2D eigenvalue weighted by Crippen LogP contribution is -1.93. The zero-order valence-electron chi connectivity index (χ0n) is 13.4. The van der Waals surface area contributed by atoms with Crippen molar-refractivity contribution in [2.24, 2.45) is 0 Å². The van der Waals surface area contributed by atoms with Gasteiger partial charge in [-0.05, 0) is 85.0 Å². The maximum Gasteiger partial charge on any atom is 0.123 e. The van der Waals surface area contributed by atoms with Crippen LogP contribution in [-0.4, -0.2) is 4.98 Å². The van der Waals surface area contributed by atoms with Crippen LogP contribution in [0.5, 0.6) is 0 Å². The van der Waals surface area contributed by atoms with Gasteiger partial charge < -0.3 is 0 Å². The highest BCUT2D eigenvalue weighted by Gasteiger charge is 2.12. The molecule has 0 fully saturated rings. The summed E-state index contributed by atoms with van der Waals surface area (Å²) in [6, 6.07) is 15.0. The van der Waals surface area contributed by atoms with E-state index in [1.807, 2.05) is 26.0 Å². The molecule has 0 N–H and O–H groups in total. The van der Waals surface area contributed by atoms with Crippen molar-refractivity contribution in [3.8, 4) is 11.3 Å². The Morgan fingerprint density at radius 3 is 2.08 bits per heavy atom. The lowest BCUT2D eigenvalue weighted by molar-refractivity contribution is 0.628. The zero-order valence-corrected chi connectivity index (χ0v) is 13.4. The van der Waals surface area contributed by atoms with Crippen molar-refractivity contribution in [3.05, 3.63) is 77.4 Å². The van der Waals surface area contributed by atoms with Crippen molar-refractivity contribution >= 4 is 21.7 Å². The molecule has 24 heavy (non-hydrogen) atoms. The molecule has 1 aromatic heterocycles. The van der Waals surface area contributed by atoms with Crippen LogP contribution in [0.2, 0.25) is 0 Å². The lowest BCUT2D eigenvalue weighted by atomic mass is 9.97. The van der Waals surface area contributed by atoms with Gasteiger partial charge in [-0.15, -0.1) is 0 Å². The molecule has 4 rings (SSSR count). The fourth-order valence-corrected chi connectivity index (χ4v) is 3.06. The monoisotopic (exact) mass is 319 g/mol. The molecule has 0 unspecified atom stereocenters. The number of aryl methyl sites for hydroxylation is 2. The Kier molecular flexibility index (Phi) is 3.31. The van der Waals surface area contributed by atoms with Gasteiger partial charge in [0.2, 0.25) is 0 Å². The average Bonchev–Trinajstić information content (AvgIpc) is 2.56. The third-order valence-corrected chi connectivity index (χ3v) is 4.49. The van der Waals surface area contributed by atoms with Gasteiger partial charge in [0.05, 0.1) is 11.2 Å². The fraction of sp³-hybridized carbons (Fsp3) is 0.0952. The van der Waals surface area contributed by atoms with E-state index in [-0.39, 0.29) is 11.6 Å². The number of fused-ring (bicyclic) bond motifs is 3. The van der Waals surface area contributed by atoms with Crippen LogP contribution in [0.1, 0.15) is 11.1 Å². The van der Waals surface area contributed by atoms with E-state index < -0.39 is 0 Å². The number of nitrogens with zero attached hydrogens (tertiary/aromatic N) is 1. The molecule has 0 spiro atoms. The van der Waals surface area contributed by atoms with Crippen LogP contribution in [0, 0.1) is 25.5 Å². The van der Waals surface area contributed by atoms with Gasteiger partial charge in [0.25, 0.3) is 0 Å². The first-order valence-electron chi connectivity index (χ1n) is 7.79. The Morgan fingerprint density at radius 2 is 1.33 bits per heavy atom. The Morgan fingerprint density at radius 1 is 0.667 bits per heavy atom. The van der Waals surface area contributed by atoms with Crippen LogP contribution < -0.4 is 0 Å². The van der Waals surface area contributed by atoms with Gasteiger partial charge in [-0.2, -0.15) is 0 Å². The minimum atomic E-state index is -0.290. The summed E-state index contributed by atoms with van der Waals surface area (Å²) < 4.78 is 27.1. The quantitative estimate of drug-likeness (QED) is 0.395. The molecule has 118 valence electrons. The third kappa shape index (κ3) is 2.33. The molecule has 0 radical (unpaired) electrons. The Bertz CT molecular complexity index is 1080. The summed E-state index contributed by atoms with van der Waals surface area (Å²) in [4.78, 5) is 4.79. The van der Waals surface area contributed by atoms with Gasteiger partial charge in [-0.25, -0.2) is 13.8 Å². The first-order chi connectivity index (χ1) is 11.5. The van der Waals surface area contributed by atoms with Crippen molar-refractivity contribution in [2.75, 3.05) is 0 Å². The fourth-order valence-electron chi connectivity index (χ4n) is 3.06. The maximum atomic E-state index is 13.9. The van der Waals surface area contributed by atoms with E-state index in [9.17, 15) is 8.78 Å². The third-order valence-electron chi connectivity index (χ3n) is 4.49. The smallest absolute Gasteiger partial charge is 0.123 e. The normalized spacial score (nSPS) is 11.3. The average molecular weight is 319 g/mol. The Balaban J connectivity index is 2.16. The van der Waals surface area contributed by atoms with E-state index >= 15 is 0 Å². The van der Waals surface area contributed by atoms with E-state index in [1.165, 1.54) is 18.2 Å². The number of halogens is 2. The highest BCUT2D eigenvalue weighted by molar-refractivity contribution is 6.11. The number of benzene rings is 3. The zero-order chi connectivity index (χ0) is 16.8. The Labute approximate surface area is 138 Å². The highest BCUT2D eigenvalue weighted by atomic mass is 19.1. The van der Waals surface area contributed by atoms with Crippen molar-refractivity contribution < 1.29 is 8.78 Å². The van der Waals surface area contributed by atoms with Crippen molar-refractivity contribution in [1.29, 1.82) is 0 Å². The molecule has 1 heterocycles. The van der Waals surface area contributed by atoms with Crippen LogP contribution in [0.4, 0.5) is 8.78 Å². The maximum absolute atomic E-state index is 13.9. The number of pyridine rings is 1. The van der Waals surface area contributed by atoms with Crippen LogP contribution in [0.15, 0.2) is 54.6 Å². The second kappa shape index (κ2) is 5.38. The number of hydrogen-bond donors (Lipinski definition) is 0. The molecule has 0 aliphatic heterocycles. The minimum Gasteiger partial charge on any atom is -0.247 e. The van der Waals surface area contributed by atoms with Crippen LogP contribution >= 0.6 is 0 Å². The molecule has 0 bridgehead atoms. The van der Waals surface area contributed by atoms with E-state index in [0.717, 1.165) is 44.1 Å². The molecule has 3 aromatic carbocycles. The van der Waals surface area contributed by atoms with E-state index in [1.54, 1.807) is 24.3 Å². The lowest BCUT2D eigenvalue weighted by Gasteiger charge is -2.12. The van der Waals surface area contributed by atoms with Crippen LogP contribution in [0.25, 0.3) is 32.9 Å². The van der Waals surface area contributed by atoms with E-state index in [0.29, 0.717) is 0 Å². The van der Waals surface area contributed by atoms with Crippen molar-refractivity contribution in [3.63, 3.8) is 0 Å². The molecule has 0 aliphatic carbocycles. The molecule has 0 amide bonds. The van der Waals surface area contributed by atoms with Gasteiger partial charge in [0.1, 0.15) is 11.6 Å². The molecule has 1 nitrogen and oxygen atoms in total. The number of aromatic nitrogens is 1. The molecule has 4 aromatic rings. The molecule has 0 aliphatic rings. The number of hydrogen-bond acceptors (Lipinski definition) is 1.